The summed E-state index contributed by atoms with van der Waals surface area (Å²) in [4.78, 5) is 24.5. The lowest BCUT2D eigenvalue weighted by atomic mass is 9.99. The van der Waals surface area contributed by atoms with Gasteiger partial charge in [0.1, 0.15) is 5.82 Å². The Morgan fingerprint density at radius 2 is 2.04 bits per heavy atom. The summed E-state index contributed by atoms with van der Waals surface area (Å²) >= 11 is 0. The second kappa shape index (κ2) is 6.09. The lowest BCUT2D eigenvalue weighted by Crippen LogP contribution is -2.44. The number of anilines is 1. The normalized spacial score (nSPS) is 18.8. The van der Waals surface area contributed by atoms with E-state index in [9.17, 15) is 22.8 Å². The molecule has 0 bridgehead atoms. The van der Waals surface area contributed by atoms with Gasteiger partial charge in [-0.2, -0.15) is 18.3 Å². The fourth-order valence-electron chi connectivity index (χ4n) is 2.62. The molecule has 2 N–H and O–H groups in total. The Morgan fingerprint density at radius 1 is 1.39 bits per heavy atom. The fourth-order valence-corrected chi connectivity index (χ4v) is 2.62. The van der Waals surface area contributed by atoms with Gasteiger partial charge in [-0.25, -0.2) is 4.79 Å². The highest BCUT2D eigenvalue weighted by Crippen LogP contribution is 2.33. The molecule has 128 valence electrons. The average Bonchev–Trinajstić information content (AvgIpc) is 2.75. The molecular weight excluding hydrogens is 317 g/mol. The predicted octanol–water partition coefficient (Wildman–Crippen LogP) is 2.08. The van der Waals surface area contributed by atoms with E-state index in [1.165, 1.54) is 18.9 Å². The van der Waals surface area contributed by atoms with Crippen molar-refractivity contribution in [3.8, 4) is 0 Å². The van der Waals surface area contributed by atoms with Gasteiger partial charge in [0.25, 0.3) is 0 Å². The second-order valence-corrected chi connectivity index (χ2v) is 5.50. The van der Waals surface area contributed by atoms with E-state index >= 15 is 0 Å². The molecule has 2 rings (SSSR count). The molecule has 1 unspecified atom stereocenters. The smallest absolute Gasteiger partial charge is 0.435 e. The van der Waals surface area contributed by atoms with Crippen molar-refractivity contribution in [2.24, 2.45) is 13.0 Å². The highest BCUT2D eigenvalue weighted by molar-refractivity contribution is 5.89. The number of halogens is 3. The zero-order valence-electron chi connectivity index (χ0n) is 12.6. The van der Waals surface area contributed by atoms with E-state index in [0.29, 0.717) is 19.4 Å². The molecule has 1 aliphatic rings. The number of nitrogens with one attached hydrogen (secondary N) is 1. The number of nitrogens with zero attached hydrogens (tertiary/aromatic N) is 3. The molecule has 23 heavy (non-hydrogen) atoms. The molecule has 10 heteroatoms. The number of amides is 2. The van der Waals surface area contributed by atoms with E-state index in [1.54, 1.807) is 0 Å². The van der Waals surface area contributed by atoms with Crippen molar-refractivity contribution in [3.63, 3.8) is 0 Å². The summed E-state index contributed by atoms with van der Waals surface area (Å²) in [6.07, 6.45) is -3.60. The van der Waals surface area contributed by atoms with Crippen LogP contribution in [0.5, 0.6) is 0 Å². The minimum atomic E-state index is -4.61. The van der Waals surface area contributed by atoms with Crippen LogP contribution >= 0.6 is 0 Å². The Morgan fingerprint density at radius 3 is 2.57 bits per heavy atom. The first-order chi connectivity index (χ1) is 10.6. The Hall–Kier alpha value is -2.26. The number of aliphatic carboxylic acids is 1. The Kier molecular flexibility index (Phi) is 4.53. The van der Waals surface area contributed by atoms with Crippen LogP contribution in [0.1, 0.15) is 24.1 Å². The number of aromatic nitrogens is 2. The summed E-state index contributed by atoms with van der Waals surface area (Å²) in [6.45, 7) is 1.62. The quantitative estimate of drug-likeness (QED) is 0.867. The molecule has 0 aliphatic carbocycles. The van der Waals surface area contributed by atoms with Crippen molar-refractivity contribution >= 4 is 17.8 Å². The number of aryl methyl sites for hydroxylation is 1. The molecule has 1 fully saturated rings. The van der Waals surface area contributed by atoms with Crippen molar-refractivity contribution in [1.29, 1.82) is 0 Å². The molecule has 0 saturated carbocycles. The van der Waals surface area contributed by atoms with Gasteiger partial charge in [-0.1, -0.05) is 0 Å². The van der Waals surface area contributed by atoms with Crippen molar-refractivity contribution in [2.45, 2.75) is 25.9 Å². The summed E-state index contributed by atoms with van der Waals surface area (Å²) in [5.74, 6) is -1.70. The molecule has 1 aromatic rings. The number of carbonyl (C=O) groups is 2. The number of rotatable bonds is 2. The topological polar surface area (TPSA) is 87.5 Å². The van der Waals surface area contributed by atoms with Crippen molar-refractivity contribution in [2.75, 3.05) is 18.4 Å². The zero-order chi connectivity index (χ0) is 17.4. The van der Waals surface area contributed by atoms with Gasteiger partial charge in [-0.3, -0.25) is 14.8 Å². The van der Waals surface area contributed by atoms with E-state index < -0.39 is 29.8 Å². The minimum Gasteiger partial charge on any atom is -0.481 e. The van der Waals surface area contributed by atoms with Crippen LogP contribution in [0.4, 0.5) is 23.8 Å². The molecule has 0 aromatic carbocycles. The van der Waals surface area contributed by atoms with E-state index in [0.717, 1.165) is 4.68 Å². The van der Waals surface area contributed by atoms with Gasteiger partial charge in [-0.15, -0.1) is 0 Å². The van der Waals surface area contributed by atoms with Gasteiger partial charge >= 0.3 is 18.2 Å². The van der Waals surface area contributed by atoms with Crippen molar-refractivity contribution in [3.05, 3.63) is 11.3 Å². The number of carbonyl (C=O) groups excluding carboxylic acids is 1. The molecule has 0 spiro atoms. The maximum absolute atomic E-state index is 12.8. The second-order valence-electron chi connectivity index (χ2n) is 5.50. The summed E-state index contributed by atoms with van der Waals surface area (Å²) in [6, 6.07) is -0.629. The average molecular weight is 334 g/mol. The summed E-state index contributed by atoms with van der Waals surface area (Å²) < 4.78 is 39.4. The monoisotopic (exact) mass is 334 g/mol. The Labute approximate surface area is 130 Å². The summed E-state index contributed by atoms with van der Waals surface area (Å²) in [7, 11) is 1.30. The van der Waals surface area contributed by atoms with E-state index in [1.807, 2.05) is 0 Å². The molecule has 1 aromatic heterocycles. The van der Waals surface area contributed by atoms with Crippen LogP contribution in [-0.4, -0.2) is 44.9 Å². The number of hydrogen-bond donors (Lipinski definition) is 2. The Bertz CT molecular complexity index is 627. The van der Waals surface area contributed by atoms with Crippen LogP contribution in [0, 0.1) is 12.8 Å². The van der Waals surface area contributed by atoms with Gasteiger partial charge in [0.05, 0.1) is 5.92 Å². The maximum Gasteiger partial charge on any atom is 0.435 e. The first-order valence-electron chi connectivity index (χ1n) is 7.00. The molecule has 2 amide bonds. The van der Waals surface area contributed by atoms with E-state index in [-0.39, 0.29) is 17.9 Å². The van der Waals surface area contributed by atoms with Crippen LogP contribution in [0.2, 0.25) is 0 Å². The van der Waals surface area contributed by atoms with Crippen LogP contribution in [0.25, 0.3) is 0 Å². The highest BCUT2D eigenvalue weighted by atomic mass is 19.4. The number of carboxylic acids is 1. The molecule has 1 atom stereocenters. The van der Waals surface area contributed by atoms with Gasteiger partial charge in [-0.05, 0) is 19.8 Å². The molecular formula is C13H17F3N4O3. The lowest BCUT2D eigenvalue weighted by molar-refractivity contribution is -0.143. The number of likely N-dealkylation sites (tertiary alicyclic amines) is 1. The third kappa shape index (κ3) is 3.57. The Balaban J connectivity index is 2.15. The van der Waals surface area contributed by atoms with Crippen LogP contribution in [-0.2, 0) is 18.0 Å². The minimum absolute atomic E-state index is 0.0319. The fraction of sp³-hybridized carbons (Fsp3) is 0.615. The van der Waals surface area contributed by atoms with Crippen molar-refractivity contribution < 1.29 is 27.9 Å². The van der Waals surface area contributed by atoms with Gasteiger partial charge in [0, 0.05) is 25.7 Å². The molecule has 1 saturated heterocycles. The first-order valence-corrected chi connectivity index (χ1v) is 7.00. The summed E-state index contributed by atoms with van der Waals surface area (Å²) in [5, 5.41) is 14.8. The third-order valence-electron chi connectivity index (χ3n) is 3.84. The SMILES string of the molecule is Cc1c(C(F)(F)F)nn(C)c1NC(=O)N1CCCC(C(=O)O)C1. The molecule has 0 radical (unpaired) electrons. The molecule has 2 heterocycles. The van der Waals surface area contributed by atoms with Gasteiger partial charge in [0.2, 0.25) is 0 Å². The number of urea groups is 1. The van der Waals surface area contributed by atoms with E-state index in [4.69, 9.17) is 5.11 Å². The molecule has 1 aliphatic heterocycles. The number of hydrogen-bond acceptors (Lipinski definition) is 3. The van der Waals surface area contributed by atoms with Gasteiger partial charge < -0.3 is 10.0 Å². The standard InChI is InChI=1S/C13H17F3N4O3/c1-7-9(13(14,15)16)18-19(2)10(7)17-12(23)20-5-3-4-8(6-20)11(21)22/h8H,3-6H2,1-2H3,(H,17,23)(H,21,22). The number of carboxylic acid groups (broad SMARTS) is 1. The maximum atomic E-state index is 12.8. The van der Waals surface area contributed by atoms with Crippen LogP contribution in [0.15, 0.2) is 0 Å². The van der Waals surface area contributed by atoms with Gasteiger partial charge in [0.15, 0.2) is 5.69 Å². The number of piperidine rings is 1. The van der Waals surface area contributed by atoms with Crippen LogP contribution < -0.4 is 5.32 Å². The first kappa shape index (κ1) is 17.1. The molecule has 7 nitrogen and oxygen atoms in total. The third-order valence-corrected chi connectivity index (χ3v) is 3.84. The van der Waals surface area contributed by atoms with Crippen LogP contribution in [0.3, 0.4) is 0 Å². The van der Waals surface area contributed by atoms with Crippen molar-refractivity contribution in [1.82, 2.24) is 14.7 Å². The lowest BCUT2D eigenvalue weighted by Gasteiger charge is -2.30. The summed E-state index contributed by atoms with van der Waals surface area (Å²) in [5.41, 5.74) is -1.24. The predicted molar refractivity (Wildman–Crippen MR) is 73.9 cm³/mol. The van der Waals surface area contributed by atoms with E-state index in [2.05, 4.69) is 10.4 Å². The largest absolute Gasteiger partial charge is 0.481 e. The number of alkyl halides is 3. The highest BCUT2D eigenvalue weighted by Gasteiger charge is 2.38. The zero-order valence-corrected chi connectivity index (χ0v) is 12.6.